The molecule has 5 heteroatoms. The van der Waals surface area contributed by atoms with E-state index in [0.717, 1.165) is 13.1 Å². The topological polar surface area (TPSA) is 50.3 Å². The first kappa shape index (κ1) is 14.0. The summed E-state index contributed by atoms with van der Waals surface area (Å²) in [5.74, 6) is 0. The molecule has 0 spiro atoms. The molecule has 5 nitrogen and oxygen atoms in total. The Labute approximate surface area is 121 Å². The van der Waals surface area contributed by atoms with Crippen LogP contribution < -0.4 is 5.73 Å². The van der Waals surface area contributed by atoms with E-state index >= 15 is 0 Å². The van der Waals surface area contributed by atoms with Gasteiger partial charge < -0.3 is 15.2 Å². The van der Waals surface area contributed by atoms with Crippen molar-refractivity contribution in [3.8, 4) is 0 Å². The van der Waals surface area contributed by atoms with Crippen LogP contribution in [0.15, 0.2) is 12.5 Å². The Morgan fingerprint density at radius 2 is 2.20 bits per heavy atom. The monoisotopic (exact) mass is 277 g/mol. The van der Waals surface area contributed by atoms with E-state index in [-0.39, 0.29) is 0 Å². The van der Waals surface area contributed by atoms with Crippen LogP contribution in [0, 0.1) is 0 Å². The van der Waals surface area contributed by atoms with Gasteiger partial charge in [0.25, 0.3) is 0 Å². The molecule has 1 aromatic heterocycles. The molecular formula is C15H27N5. The zero-order chi connectivity index (χ0) is 14.1. The quantitative estimate of drug-likeness (QED) is 0.900. The van der Waals surface area contributed by atoms with E-state index in [0.29, 0.717) is 24.7 Å². The number of nitrogens with two attached hydrogens (primary N) is 1. The Morgan fingerprint density at radius 1 is 1.40 bits per heavy atom. The fraction of sp³-hybridized carbons (Fsp3) is 0.800. The standard InChI is InChI=1S/C15H27N5/c1-12-10-18(2)6-3-7-19(12)14(8-16)15-9-17-11-20(15)13-4-5-13/h9,11-14H,3-8,10,16H2,1-2H3. The maximum absolute atomic E-state index is 6.14. The molecule has 2 heterocycles. The van der Waals surface area contributed by atoms with E-state index in [1.54, 1.807) is 0 Å². The molecule has 3 rings (SSSR count). The van der Waals surface area contributed by atoms with E-state index in [9.17, 15) is 0 Å². The van der Waals surface area contributed by atoms with Crippen LogP contribution in [0.2, 0.25) is 0 Å². The van der Waals surface area contributed by atoms with E-state index in [1.165, 1.54) is 31.5 Å². The Hall–Kier alpha value is -0.910. The largest absolute Gasteiger partial charge is 0.330 e. The van der Waals surface area contributed by atoms with Crippen LogP contribution in [0.25, 0.3) is 0 Å². The summed E-state index contributed by atoms with van der Waals surface area (Å²) in [7, 11) is 2.21. The molecule has 20 heavy (non-hydrogen) atoms. The fourth-order valence-electron chi connectivity index (χ4n) is 3.51. The van der Waals surface area contributed by atoms with E-state index < -0.39 is 0 Å². The molecule has 2 aliphatic rings. The van der Waals surface area contributed by atoms with Gasteiger partial charge in [-0.1, -0.05) is 0 Å². The zero-order valence-corrected chi connectivity index (χ0v) is 12.7. The number of likely N-dealkylation sites (N-methyl/N-ethyl adjacent to an activating group) is 1. The third-order valence-electron chi connectivity index (χ3n) is 4.70. The van der Waals surface area contributed by atoms with Crippen molar-refractivity contribution >= 4 is 0 Å². The number of hydrogen-bond donors (Lipinski definition) is 1. The molecule has 1 aromatic rings. The van der Waals surface area contributed by atoms with Crippen molar-refractivity contribution in [3.05, 3.63) is 18.2 Å². The van der Waals surface area contributed by atoms with Gasteiger partial charge in [-0.05, 0) is 39.8 Å². The lowest BCUT2D eigenvalue weighted by molar-refractivity contribution is 0.141. The highest BCUT2D eigenvalue weighted by molar-refractivity contribution is 5.11. The van der Waals surface area contributed by atoms with Gasteiger partial charge >= 0.3 is 0 Å². The molecule has 1 aliphatic carbocycles. The highest BCUT2D eigenvalue weighted by Crippen LogP contribution is 2.38. The van der Waals surface area contributed by atoms with Gasteiger partial charge in [0.1, 0.15) is 0 Å². The maximum atomic E-state index is 6.14. The summed E-state index contributed by atoms with van der Waals surface area (Å²) >= 11 is 0. The fourth-order valence-corrected chi connectivity index (χ4v) is 3.51. The first-order valence-electron chi connectivity index (χ1n) is 7.86. The number of aromatic nitrogens is 2. The van der Waals surface area contributed by atoms with Crippen molar-refractivity contribution in [2.24, 2.45) is 5.73 Å². The van der Waals surface area contributed by atoms with Crippen LogP contribution in [0.1, 0.15) is 44.0 Å². The second-order valence-corrected chi connectivity index (χ2v) is 6.41. The van der Waals surface area contributed by atoms with Gasteiger partial charge in [-0.25, -0.2) is 4.98 Å². The van der Waals surface area contributed by atoms with E-state index in [2.05, 4.69) is 33.3 Å². The molecule has 2 atom stereocenters. The number of imidazole rings is 1. The van der Waals surface area contributed by atoms with Crippen molar-refractivity contribution in [1.82, 2.24) is 19.4 Å². The van der Waals surface area contributed by atoms with Gasteiger partial charge in [0.05, 0.1) is 18.1 Å². The Bertz CT molecular complexity index is 439. The van der Waals surface area contributed by atoms with Crippen LogP contribution >= 0.6 is 0 Å². The lowest BCUT2D eigenvalue weighted by atomic mass is 10.1. The second-order valence-electron chi connectivity index (χ2n) is 6.41. The van der Waals surface area contributed by atoms with Gasteiger partial charge in [0.15, 0.2) is 0 Å². The van der Waals surface area contributed by atoms with Crippen LogP contribution in [0.4, 0.5) is 0 Å². The third-order valence-corrected chi connectivity index (χ3v) is 4.70. The minimum atomic E-state index is 0.305. The molecule has 112 valence electrons. The highest BCUT2D eigenvalue weighted by atomic mass is 15.3. The third kappa shape index (κ3) is 2.75. The summed E-state index contributed by atoms with van der Waals surface area (Å²) in [4.78, 5) is 9.39. The van der Waals surface area contributed by atoms with Crippen LogP contribution in [-0.2, 0) is 0 Å². The highest BCUT2D eigenvalue weighted by Gasteiger charge is 2.32. The molecule has 0 radical (unpaired) electrons. The van der Waals surface area contributed by atoms with Crippen molar-refractivity contribution in [3.63, 3.8) is 0 Å². The van der Waals surface area contributed by atoms with Crippen molar-refractivity contribution in [2.45, 2.75) is 44.3 Å². The van der Waals surface area contributed by atoms with Gasteiger partial charge in [-0.3, -0.25) is 4.90 Å². The minimum Gasteiger partial charge on any atom is -0.330 e. The molecule has 1 saturated carbocycles. The van der Waals surface area contributed by atoms with E-state index in [4.69, 9.17) is 5.73 Å². The van der Waals surface area contributed by atoms with Gasteiger partial charge in [-0.15, -0.1) is 0 Å². The van der Waals surface area contributed by atoms with Crippen molar-refractivity contribution in [1.29, 1.82) is 0 Å². The molecule has 2 N–H and O–H groups in total. The maximum Gasteiger partial charge on any atom is 0.0951 e. The molecule has 2 fully saturated rings. The van der Waals surface area contributed by atoms with Crippen LogP contribution in [-0.4, -0.2) is 58.6 Å². The van der Waals surface area contributed by atoms with E-state index in [1.807, 2.05) is 12.5 Å². The Balaban J connectivity index is 1.82. The predicted molar refractivity (Wildman–Crippen MR) is 80.6 cm³/mol. The van der Waals surface area contributed by atoms with Gasteiger partial charge in [0.2, 0.25) is 0 Å². The summed E-state index contributed by atoms with van der Waals surface area (Å²) in [5, 5.41) is 0. The lowest BCUT2D eigenvalue weighted by Gasteiger charge is -2.35. The molecule has 0 bridgehead atoms. The minimum absolute atomic E-state index is 0.305. The molecule has 1 aliphatic heterocycles. The summed E-state index contributed by atoms with van der Waals surface area (Å²) in [6, 6.07) is 1.52. The first-order valence-corrected chi connectivity index (χ1v) is 7.86. The van der Waals surface area contributed by atoms with Crippen molar-refractivity contribution in [2.75, 3.05) is 33.2 Å². The average Bonchev–Trinajstić information content (AvgIpc) is 3.18. The number of rotatable bonds is 4. The number of hydrogen-bond acceptors (Lipinski definition) is 4. The molecular weight excluding hydrogens is 250 g/mol. The lowest BCUT2D eigenvalue weighted by Crippen LogP contribution is -2.43. The van der Waals surface area contributed by atoms with Gasteiger partial charge in [-0.2, -0.15) is 0 Å². The summed E-state index contributed by atoms with van der Waals surface area (Å²) in [5.41, 5.74) is 7.45. The molecule has 0 amide bonds. The SMILES string of the molecule is CC1CN(C)CCCN1C(CN)c1cncn1C1CC1. The van der Waals surface area contributed by atoms with Gasteiger partial charge in [0, 0.05) is 37.9 Å². The number of nitrogens with zero attached hydrogens (tertiary/aromatic N) is 4. The smallest absolute Gasteiger partial charge is 0.0951 e. The average molecular weight is 277 g/mol. The molecule has 2 unspecified atom stereocenters. The zero-order valence-electron chi connectivity index (χ0n) is 12.7. The Morgan fingerprint density at radius 3 is 2.90 bits per heavy atom. The summed E-state index contributed by atoms with van der Waals surface area (Å²) in [6.45, 7) is 6.42. The van der Waals surface area contributed by atoms with Crippen LogP contribution in [0.3, 0.4) is 0 Å². The van der Waals surface area contributed by atoms with Crippen molar-refractivity contribution < 1.29 is 0 Å². The normalized spacial score (nSPS) is 27.4. The summed E-state index contributed by atoms with van der Waals surface area (Å²) < 4.78 is 2.36. The molecule has 1 saturated heterocycles. The Kier molecular flexibility index (Phi) is 4.10. The molecule has 0 aromatic carbocycles. The van der Waals surface area contributed by atoms with Crippen LogP contribution in [0.5, 0.6) is 0 Å². The summed E-state index contributed by atoms with van der Waals surface area (Å²) in [6.07, 6.45) is 7.81. The predicted octanol–water partition coefficient (Wildman–Crippen LogP) is 1.24. The first-order chi connectivity index (χ1) is 9.70. The second kappa shape index (κ2) is 5.84.